The first-order valence-electron chi connectivity index (χ1n) is 5.15. The smallest absolute Gasteiger partial charge is 0.255 e. The SMILES string of the molecule is CCNC(=O)c1cccnc1NC(C)C. The minimum atomic E-state index is -0.0891. The highest BCUT2D eigenvalue weighted by Gasteiger charge is 2.11. The van der Waals surface area contributed by atoms with Gasteiger partial charge in [0.15, 0.2) is 0 Å². The Morgan fingerprint density at radius 2 is 2.27 bits per heavy atom. The molecule has 0 radical (unpaired) electrons. The van der Waals surface area contributed by atoms with Crippen molar-refractivity contribution >= 4 is 11.7 Å². The van der Waals surface area contributed by atoms with Gasteiger partial charge in [0.1, 0.15) is 5.82 Å². The van der Waals surface area contributed by atoms with E-state index in [0.29, 0.717) is 17.9 Å². The van der Waals surface area contributed by atoms with E-state index in [9.17, 15) is 4.79 Å². The second kappa shape index (κ2) is 5.34. The van der Waals surface area contributed by atoms with E-state index in [2.05, 4.69) is 15.6 Å². The van der Waals surface area contributed by atoms with Crippen molar-refractivity contribution in [2.75, 3.05) is 11.9 Å². The van der Waals surface area contributed by atoms with Gasteiger partial charge in [-0.15, -0.1) is 0 Å². The normalized spacial score (nSPS) is 10.1. The number of amides is 1. The van der Waals surface area contributed by atoms with E-state index in [0.717, 1.165) is 0 Å². The minimum Gasteiger partial charge on any atom is -0.367 e. The maximum Gasteiger partial charge on any atom is 0.255 e. The molecule has 1 aromatic rings. The van der Waals surface area contributed by atoms with Crippen LogP contribution in [0.1, 0.15) is 31.1 Å². The zero-order valence-electron chi connectivity index (χ0n) is 9.37. The van der Waals surface area contributed by atoms with Gasteiger partial charge in [0.05, 0.1) is 5.56 Å². The van der Waals surface area contributed by atoms with Crippen LogP contribution in [0.4, 0.5) is 5.82 Å². The molecule has 2 N–H and O–H groups in total. The van der Waals surface area contributed by atoms with Crippen LogP contribution in [0.25, 0.3) is 0 Å². The Morgan fingerprint density at radius 1 is 1.53 bits per heavy atom. The standard InChI is InChI=1S/C11H17N3O/c1-4-12-11(15)9-6-5-7-13-10(9)14-8(2)3/h5-8H,4H2,1-3H3,(H,12,15)(H,13,14). The summed E-state index contributed by atoms with van der Waals surface area (Å²) in [6.45, 7) is 6.53. The summed E-state index contributed by atoms with van der Waals surface area (Å²) in [5, 5.41) is 5.90. The number of pyridine rings is 1. The van der Waals surface area contributed by atoms with Gasteiger partial charge in [-0.3, -0.25) is 4.79 Å². The van der Waals surface area contributed by atoms with Gasteiger partial charge in [0, 0.05) is 18.8 Å². The van der Waals surface area contributed by atoms with Crippen molar-refractivity contribution in [1.29, 1.82) is 0 Å². The van der Waals surface area contributed by atoms with Crippen molar-refractivity contribution in [1.82, 2.24) is 10.3 Å². The van der Waals surface area contributed by atoms with Gasteiger partial charge in [-0.05, 0) is 32.9 Å². The molecule has 4 heteroatoms. The summed E-state index contributed by atoms with van der Waals surface area (Å²) >= 11 is 0. The van der Waals surface area contributed by atoms with Crippen molar-refractivity contribution in [3.8, 4) is 0 Å². The first-order chi connectivity index (χ1) is 7.15. The minimum absolute atomic E-state index is 0.0891. The first kappa shape index (κ1) is 11.5. The van der Waals surface area contributed by atoms with Gasteiger partial charge >= 0.3 is 0 Å². The summed E-state index contributed by atoms with van der Waals surface area (Å²) in [7, 11) is 0. The molecule has 0 aromatic carbocycles. The highest BCUT2D eigenvalue weighted by molar-refractivity contribution is 5.98. The molecule has 0 aliphatic carbocycles. The molecule has 0 aliphatic heterocycles. The summed E-state index contributed by atoms with van der Waals surface area (Å²) in [6.07, 6.45) is 1.67. The lowest BCUT2D eigenvalue weighted by atomic mass is 10.2. The second-order valence-electron chi connectivity index (χ2n) is 3.56. The molecule has 0 saturated heterocycles. The number of carbonyl (C=O) groups excluding carboxylic acids is 1. The third-order valence-electron chi connectivity index (χ3n) is 1.82. The van der Waals surface area contributed by atoms with Crippen molar-refractivity contribution in [3.63, 3.8) is 0 Å². The Bertz CT molecular complexity index is 336. The lowest BCUT2D eigenvalue weighted by molar-refractivity contribution is 0.0956. The summed E-state index contributed by atoms with van der Waals surface area (Å²) in [5.41, 5.74) is 0.591. The molecule has 0 atom stereocenters. The van der Waals surface area contributed by atoms with Crippen molar-refractivity contribution in [2.45, 2.75) is 26.8 Å². The van der Waals surface area contributed by atoms with Crippen LogP contribution in [-0.4, -0.2) is 23.5 Å². The summed E-state index contributed by atoms with van der Waals surface area (Å²) in [6, 6.07) is 3.78. The van der Waals surface area contributed by atoms with Gasteiger partial charge < -0.3 is 10.6 Å². The molecule has 0 aliphatic rings. The van der Waals surface area contributed by atoms with E-state index in [1.807, 2.05) is 20.8 Å². The fraction of sp³-hybridized carbons (Fsp3) is 0.455. The summed E-state index contributed by atoms with van der Waals surface area (Å²) < 4.78 is 0. The van der Waals surface area contributed by atoms with Gasteiger partial charge in [-0.1, -0.05) is 0 Å². The van der Waals surface area contributed by atoms with Crippen molar-refractivity contribution < 1.29 is 4.79 Å². The van der Waals surface area contributed by atoms with Gasteiger partial charge in [-0.2, -0.15) is 0 Å². The first-order valence-corrected chi connectivity index (χ1v) is 5.15. The van der Waals surface area contributed by atoms with Crippen molar-refractivity contribution in [3.05, 3.63) is 23.9 Å². The molecule has 1 amide bonds. The number of carbonyl (C=O) groups is 1. The van der Waals surface area contributed by atoms with Crippen LogP contribution < -0.4 is 10.6 Å². The predicted molar refractivity (Wildman–Crippen MR) is 61.0 cm³/mol. The predicted octanol–water partition coefficient (Wildman–Crippen LogP) is 1.65. The zero-order valence-corrected chi connectivity index (χ0v) is 9.37. The van der Waals surface area contributed by atoms with E-state index in [-0.39, 0.29) is 11.9 Å². The van der Waals surface area contributed by atoms with E-state index < -0.39 is 0 Å². The van der Waals surface area contributed by atoms with Crippen LogP contribution in [0, 0.1) is 0 Å². The number of nitrogens with one attached hydrogen (secondary N) is 2. The molecule has 1 heterocycles. The highest BCUT2D eigenvalue weighted by Crippen LogP contribution is 2.12. The number of aromatic nitrogens is 1. The molecular formula is C11H17N3O. The van der Waals surface area contributed by atoms with Crippen LogP contribution >= 0.6 is 0 Å². The maximum absolute atomic E-state index is 11.7. The van der Waals surface area contributed by atoms with Crippen LogP contribution in [0.15, 0.2) is 18.3 Å². The number of rotatable bonds is 4. The fourth-order valence-electron chi connectivity index (χ4n) is 1.23. The molecule has 0 saturated carbocycles. The van der Waals surface area contributed by atoms with Crippen molar-refractivity contribution in [2.24, 2.45) is 0 Å². The zero-order chi connectivity index (χ0) is 11.3. The monoisotopic (exact) mass is 207 g/mol. The van der Waals surface area contributed by atoms with Gasteiger partial charge in [-0.25, -0.2) is 4.98 Å². The quantitative estimate of drug-likeness (QED) is 0.789. The molecule has 0 bridgehead atoms. The maximum atomic E-state index is 11.7. The molecule has 4 nitrogen and oxygen atoms in total. The molecule has 1 rings (SSSR count). The molecule has 82 valence electrons. The van der Waals surface area contributed by atoms with E-state index in [1.54, 1.807) is 18.3 Å². The van der Waals surface area contributed by atoms with Crippen LogP contribution in [0.2, 0.25) is 0 Å². The Balaban J connectivity index is 2.90. The number of nitrogens with zero attached hydrogens (tertiary/aromatic N) is 1. The van der Waals surface area contributed by atoms with Gasteiger partial charge in [0.25, 0.3) is 5.91 Å². The second-order valence-corrected chi connectivity index (χ2v) is 3.56. The largest absolute Gasteiger partial charge is 0.367 e. The summed E-state index contributed by atoms with van der Waals surface area (Å²) in [4.78, 5) is 15.8. The van der Waals surface area contributed by atoms with Crippen LogP contribution in [0.5, 0.6) is 0 Å². The fourth-order valence-corrected chi connectivity index (χ4v) is 1.23. The molecule has 0 unspecified atom stereocenters. The van der Waals surface area contributed by atoms with E-state index in [1.165, 1.54) is 0 Å². The van der Waals surface area contributed by atoms with E-state index in [4.69, 9.17) is 0 Å². The molecule has 0 fully saturated rings. The van der Waals surface area contributed by atoms with E-state index >= 15 is 0 Å². The Morgan fingerprint density at radius 3 is 2.87 bits per heavy atom. The third kappa shape index (κ3) is 3.23. The Hall–Kier alpha value is -1.58. The topological polar surface area (TPSA) is 54.0 Å². The lowest BCUT2D eigenvalue weighted by Gasteiger charge is -2.12. The average molecular weight is 207 g/mol. The number of hydrogen-bond acceptors (Lipinski definition) is 3. The molecule has 1 aromatic heterocycles. The Kier molecular flexibility index (Phi) is 4.09. The number of hydrogen-bond donors (Lipinski definition) is 2. The third-order valence-corrected chi connectivity index (χ3v) is 1.82. The van der Waals surface area contributed by atoms with Gasteiger partial charge in [0.2, 0.25) is 0 Å². The van der Waals surface area contributed by atoms with Crippen LogP contribution in [-0.2, 0) is 0 Å². The molecule has 0 spiro atoms. The average Bonchev–Trinajstić information content (AvgIpc) is 2.18. The Labute approximate surface area is 90.1 Å². The molecule has 15 heavy (non-hydrogen) atoms. The highest BCUT2D eigenvalue weighted by atomic mass is 16.1. The van der Waals surface area contributed by atoms with Crippen LogP contribution in [0.3, 0.4) is 0 Å². The number of anilines is 1. The molecular weight excluding hydrogens is 190 g/mol. The lowest BCUT2D eigenvalue weighted by Crippen LogP contribution is -2.25. The summed E-state index contributed by atoms with van der Waals surface area (Å²) in [5.74, 6) is 0.548.